The molecule has 0 fully saturated rings. The molecule has 1 aromatic carbocycles. The molecule has 7 heteroatoms. The van der Waals surface area contributed by atoms with Gasteiger partial charge in [-0.3, -0.25) is 9.59 Å². The molecule has 35 heavy (non-hydrogen) atoms. The largest absolute Gasteiger partial charge is 0.444 e. The Hall–Kier alpha value is -2.57. The highest BCUT2D eigenvalue weighted by Gasteiger charge is 2.44. The molecule has 198 valence electrons. The van der Waals surface area contributed by atoms with E-state index in [9.17, 15) is 14.4 Å². The molecule has 0 aliphatic rings. The molecule has 0 saturated carbocycles. The Labute approximate surface area is 212 Å². The third kappa shape index (κ3) is 8.55. The smallest absolute Gasteiger partial charge is 0.408 e. The van der Waals surface area contributed by atoms with Crippen molar-refractivity contribution in [3.8, 4) is 0 Å². The number of alkyl carbamates (subject to hydrolysis) is 1. The highest BCUT2D eigenvalue weighted by molar-refractivity contribution is 5.93. The van der Waals surface area contributed by atoms with E-state index in [1.54, 1.807) is 25.7 Å². The van der Waals surface area contributed by atoms with Crippen LogP contribution >= 0.6 is 0 Å². The van der Waals surface area contributed by atoms with Crippen LogP contribution < -0.4 is 10.6 Å². The second-order valence-corrected chi connectivity index (χ2v) is 11.3. The summed E-state index contributed by atoms with van der Waals surface area (Å²) in [6.45, 7) is 20.9. The molecule has 3 atom stereocenters. The van der Waals surface area contributed by atoms with E-state index in [4.69, 9.17) is 4.74 Å². The van der Waals surface area contributed by atoms with E-state index in [0.29, 0.717) is 12.8 Å². The molecular formula is C28H47N3O4. The molecular weight excluding hydrogens is 442 g/mol. The predicted octanol–water partition coefficient (Wildman–Crippen LogP) is 5.52. The molecule has 7 nitrogen and oxygen atoms in total. The standard InChI is InChI=1S/C28H47N3O4/c1-12-19(5)22(30-26(34)35-27(7,8)9)25(33)31(28(10,11)13-2)23(24(32)29-18(3)4)21-17-15-14-16-20(21)6/h14-19,22-23H,12-13H2,1-11H3,(H,29,32)(H,30,34). The van der Waals surface area contributed by atoms with Crippen molar-refractivity contribution in [3.05, 3.63) is 35.4 Å². The first kappa shape index (κ1) is 30.5. The first-order valence-corrected chi connectivity index (χ1v) is 12.7. The zero-order valence-corrected chi connectivity index (χ0v) is 23.6. The van der Waals surface area contributed by atoms with Crippen LogP contribution in [0.5, 0.6) is 0 Å². The van der Waals surface area contributed by atoms with Gasteiger partial charge in [0, 0.05) is 11.6 Å². The Morgan fingerprint density at radius 1 is 0.971 bits per heavy atom. The third-order valence-electron chi connectivity index (χ3n) is 6.33. The number of amides is 3. The normalized spacial score (nSPS) is 14.6. The van der Waals surface area contributed by atoms with Crippen molar-refractivity contribution in [2.45, 2.75) is 118 Å². The monoisotopic (exact) mass is 489 g/mol. The number of aryl methyl sites for hydroxylation is 1. The Morgan fingerprint density at radius 3 is 2.00 bits per heavy atom. The first-order valence-electron chi connectivity index (χ1n) is 12.7. The minimum absolute atomic E-state index is 0.0963. The number of hydrogen-bond acceptors (Lipinski definition) is 4. The van der Waals surface area contributed by atoms with E-state index in [2.05, 4.69) is 10.6 Å². The van der Waals surface area contributed by atoms with Gasteiger partial charge in [0.15, 0.2) is 0 Å². The minimum Gasteiger partial charge on any atom is -0.444 e. The van der Waals surface area contributed by atoms with Crippen molar-refractivity contribution in [2.24, 2.45) is 5.92 Å². The summed E-state index contributed by atoms with van der Waals surface area (Å²) >= 11 is 0. The molecule has 0 bridgehead atoms. The van der Waals surface area contributed by atoms with Crippen LogP contribution in [-0.4, -0.2) is 46.0 Å². The van der Waals surface area contributed by atoms with Crippen LogP contribution in [0.25, 0.3) is 0 Å². The fourth-order valence-electron chi connectivity index (χ4n) is 3.87. The van der Waals surface area contributed by atoms with E-state index in [1.807, 2.05) is 79.7 Å². The fraction of sp³-hybridized carbons (Fsp3) is 0.679. The highest BCUT2D eigenvalue weighted by atomic mass is 16.6. The average molecular weight is 490 g/mol. The predicted molar refractivity (Wildman–Crippen MR) is 141 cm³/mol. The summed E-state index contributed by atoms with van der Waals surface area (Å²) in [5.41, 5.74) is 0.317. The molecule has 1 rings (SSSR count). The molecule has 2 N–H and O–H groups in total. The highest BCUT2D eigenvalue weighted by Crippen LogP contribution is 2.34. The molecule has 0 spiro atoms. The molecule has 3 amide bonds. The molecule has 0 aromatic heterocycles. The van der Waals surface area contributed by atoms with Gasteiger partial charge >= 0.3 is 6.09 Å². The number of carbonyl (C=O) groups excluding carboxylic acids is 3. The van der Waals surface area contributed by atoms with Crippen molar-refractivity contribution in [1.29, 1.82) is 0 Å². The maximum atomic E-state index is 14.3. The van der Waals surface area contributed by atoms with Crippen LogP contribution in [0.15, 0.2) is 24.3 Å². The van der Waals surface area contributed by atoms with Crippen molar-refractivity contribution < 1.29 is 19.1 Å². The molecule has 0 aliphatic heterocycles. The van der Waals surface area contributed by atoms with E-state index in [1.165, 1.54) is 0 Å². The topological polar surface area (TPSA) is 87.7 Å². The van der Waals surface area contributed by atoms with Gasteiger partial charge in [0.1, 0.15) is 17.7 Å². The average Bonchev–Trinajstić information content (AvgIpc) is 2.73. The summed E-state index contributed by atoms with van der Waals surface area (Å²) in [7, 11) is 0. The maximum absolute atomic E-state index is 14.3. The van der Waals surface area contributed by atoms with E-state index >= 15 is 0 Å². The first-order chi connectivity index (χ1) is 16.1. The number of nitrogens with zero attached hydrogens (tertiary/aromatic N) is 1. The maximum Gasteiger partial charge on any atom is 0.408 e. The summed E-state index contributed by atoms with van der Waals surface area (Å²) in [6.07, 6.45) is 0.639. The van der Waals surface area contributed by atoms with Gasteiger partial charge in [-0.2, -0.15) is 0 Å². The Balaban J connectivity index is 3.68. The van der Waals surface area contributed by atoms with Gasteiger partial charge in [-0.15, -0.1) is 0 Å². The molecule has 0 aliphatic carbocycles. The van der Waals surface area contributed by atoms with Crippen LogP contribution in [0, 0.1) is 12.8 Å². The zero-order valence-electron chi connectivity index (χ0n) is 23.6. The lowest BCUT2D eigenvalue weighted by Gasteiger charge is -2.45. The number of carbonyl (C=O) groups is 3. The van der Waals surface area contributed by atoms with Gasteiger partial charge in [-0.1, -0.05) is 51.5 Å². The summed E-state index contributed by atoms with van der Waals surface area (Å²) in [6, 6.07) is 5.83. The molecule has 1 aromatic rings. The molecule has 0 saturated heterocycles. The van der Waals surface area contributed by atoms with E-state index < -0.39 is 29.3 Å². The lowest BCUT2D eigenvalue weighted by Crippen LogP contribution is -2.61. The minimum atomic E-state index is -0.854. The summed E-state index contributed by atoms with van der Waals surface area (Å²) in [5, 5.41) is 5.83. The Morgan fingerprint density at radius 2 is 1.54 bits per heavy atom. The van der Waals surface area contributed by atoms with Crippen molar-refractivity contribution in [2.75, 3.05) is 0 Å². The zero-order chi connectivity index (χ0) is 27.1. The van der Waals surface area contributed by atoms with E-state index in [-0.39, 0.29) is 23.8 Å². The van der Waals surface area contributed by atoms with Crippen LogP contribution in [0.4, 0.5) is 4.79 Å². The summed E-state index contributed by atoms with van der Waals surface area (Å²) < 4.78 is 5.47. The van der Waals surface area contributed by atoms with Crippen molar-refractivity contribution in [1.82, 2.24) is 15.5 Å². The third-order valence-corrected chi connectivity index (χ3v) is 6.33. The molecule has 0 radical (unpaired) electrons. The quantitative estimate of drug-likeness (QED) is 0.453. The number of rotatable bonds is 10. The lowest BCUT2D eigenvalue weighted by atomic mass is 9.88. The van der Waals surface area contributed by atoms with Crippen molar-refractivity contribution in [3.63, 3.8) is 0 Å². The van der Waals surface area contributed by atoms with Crippen LogP contribution in [-0.2, 0) is 14.3 Å². The lowest BCUT2D eigenvalue weighted by molar-refractivity contribution is -0.150. The number of ether oxygens (including phenoxy) is 1. The summed E-state index contributed by atoms with van der Waals surface area (Å²) in [4.78, 5) is 42.4. The fourth-order valence-corrected chi connectivity index (χ4v) is 3.87. The van der Waals surface area contributed by atoms with Gasteiger partial charge in [0.05, 0.1) is 0 Å². The SMILES string of the molecule is CCC(C)C(NC(=O)OC(C)(C)C)C(=O)N(C(C(=O)NC(C)C)c1ccccc1C)C(C)(C)CC. The van der Waals surface area contributed by atoms with Gasteiger partial charge < -0.3 is 20.3 Å². The van der Waals surface area contributed by atoms with E-state index in [0.717, 1.165) is 11.1 Å². The number of nitrogens with one attached hydrogen (secondary N) is 2. The van der Waals surface area contributed by atoms with Gasteiger partial charge in [-0.05, 0) is 78.9 Å². The summed E-state index contributed by atoms with van der Waals surface area (Å²) in [5.74, 6) is -0.718. The number of benzene rings is 1. The van der Waals surface area contributed by atoms with Crippen LogP contribution in [0.2, 0.25) is 0 Å². The van der Waals surface area contributed by atoms with Gasteiger partial charge in [-0.25, -0.2) is 4.79 Å². The molecule has 3 unspecified atom stereocenters. The second-order valence-electron chi connectivity index (χ2n) is 11.3. The Bertz CT molecular complexity index is 873. The van der Waals surface area contributed by atoms with Gasteiger partial charge in [0.25, 0.3) is 0 Å². The second kappa shape index (κ2) is 12.4. The van der Waals surface area contributed by atoms with Gasteiger partial charge in [0.2, 0.25) is 11.8 Å². The number of hydrogen-bond donors (Lipinski definition) is 2. The van der Waals surface area contributed by atoms with Crippen LogP contribution in [0.1, 0.15) is 99.2 Å². The molecule has 0 heterocycles. The van der Waals surface area contributed by atoms with Crippen molar-refractivity contribution >= 4 is 17.9 Å². The van der Waals surface area contributed by atoms with Crippen LogP contribution in [0.3, 0.4) is 0 Å². The Kier molecular flexibility index (Phi) is 10.8.